The van der Waals surface area contributed by atoms with Crippen LogP contribution in [0.15, 0.2) is 35.5 Å². The van der Waals surface area contributed by atoms with Gasteiger partial charge in [0.05, 0.1) is 18.9 Å². The molecule has 112 valence electrons. The van der Waals surface area contributed by atoms with Crippen LogP contribution in [0.4, 0.5) is 5.69 Å². The van der Waals surface area contributed by atoms with E-state index in [2.05, 4.69) is 10.4 Å². The summed E-state index contributed by atoms with van der Waals surface area (Å²) in [7, 11) is -0.942. The van der Waals surface area contributed by atoms with Gasteiger partial charge in [0.1, 0.15) is 10.6 Å². The number of primary sulfonamides is 1. The number of nitrogens with two attached hydrogens (primary N) is 1. The van der Waals surface area contributed by atoms with Crippen molar-refractivity contribution in [2.45, 2.75) is 4.90 Å². The predicted molar refractivity (Wildman–Crippen MR) is 75.5 cm³/mol. The van der Waals surface area contributed by atoms with Gasteiger partial charge in [0.15, 0.2) is 0 Å². The first-order valence-electron chi connectivity index (χ1n) is 5.82. The molecule has 0 saturated carbocycles. The standard InChI is InChI=1S/C12H14N4O4S/c1-16-7-8(6-14-16)12(17)15-9-3-4-10(20-2)11(5-9)21(13,18)19/h3-7H,1-2H3,(H,15,17)(H2,13,18,19). The molecular formula is C12H14N4O4S. The molecule has 0 radical (unpaired) electrons. The Bertz CT molecular complexity index is 782. The first-order valence-corrected chi connectivity index (χ1v) is 7.36. The molecule has 2 rings (SSSR count). The normalized spacial score (nSPS) is 11.2. The molecule has 1 heterocycles. The average molecular weight is 310 g/mol. The minimum Gasteiger partial charge on any atom is -0.495 e. The number of carbonyl (C=O) groups is 1. The highest BCUT2D eigenvalue weighted by Crippen LogP contribution is 2.26. The molecule has 3 N–H and O–H groups in total. The summed E-state index contributed by atoms with van der Waals surface area (Å²) in [5, 5.41) is 11.6. The molecule has 0 bridgehead atoms. The highest BCUT2D eigenvalue weighted by atomic mass is 32.2. The Hall–Kier alpha value is -2.39. The summed E-state index contributed by atoms with van der Waals surface area (Å²) < 4.78 is 29.4. The second-order valence-electron chi connectivity index (χ2n) is 4.27. The van der Waals surface area contributed by atoms with Crippen LogP contribution in [0.3, 0.4) is 0 Å². The smallest absolute Gasteiger partial charge is 0.258 e. The van der Waals surface area contributed by atoms with Crippen LogP contribution in [0.1, 0.15) is 10.4 Å². The van der Waals surface area contributed by atoms with Crippen molar-refractivity contribution in [1.29, 1.82) is 0 Å². The van der Waals surface area contributed by atoms with Crippen molar-refractivity contribution in [1.82, 2.24) is 9.78 Å². The topological polar surface area (TPSA) is 116 Å². The SMILES string of the molecule is COc1ccc(NC(=O)c2cnn(C)c2)cc1S(N)(=O)=O. The van der Waals surface area contributed by atoms with E-state index in [0.717, 1.165) is 0 Å². The van der Waals surface area contributed by atoms with Crippen molar-refractivity contribution in [3.05, 3.63) is 36.2 Å². The summed E-state index contributed by atoms with van der Waals surface area (Å²) in [6, 6.07) is 4.17. The van der Waals surface area contributed by atoms with E-state index in [4.69, 9.17) is 9.88 Å². The molecule has 0 aliphatic rings. The molecule has 2 aromatic rings. The third-order valence-electron chi connectivity index (χ3n) is 2.70. The van der Waals surface area contributed by atoms with Crippen LogP contribution in [-0.4, -0.2) is 31.2 Å². The lowest BCUT2D eigenvalue weighted by atomic mass is 10.2. The first kappa shape index (κ1) is 15.0. The van der Waals surface area contributed by atoms with Crippen LogP contribution >= 0.6 is 0 Å². The molecule has 8 nitrogen and oxygen atoms in total. The molecular weight excluding hydrogens is 296 g/mol. The highest BCUT2D eigenvalue weighted by molar-refractivity contribution is 7.89. The summed E-state index contributed by atoms with van der Waals surface area (Å²) in [4.78, 5) is 11.8. The van der Waals surface area contributed by atoms with Crippen LogP contribution in [0.25, 0.3) is 0 Å². The van der Waals surface area contributed by atoms with Gasteiger partial charge < -0.3 is 10.1 Å². The van der Waals surface area contributed by atoms with Gasteiger partial charge in [-0.1, -0.05) is 0 Å². The van der Waals surface area contributed by atoms with Crippen LogP contribution in [0.2, 0.25) is 0 Å². The van der Waals surface area contributed by atoms with Crippen LogP contribution in [0.5, 0.6) is 5.75 Å². The van der Waals surface area contributed by atoms with Gasteiger partial charge in [-0.2, -0.15) is 5.10 Å². The zero-order valence-corrected chi connectivity index (χ0v) is 12.2. The number of benzene rings is 1. The maximum absolute atomic E-state index is 12.0. The largest absolute Gasteiger partial charge is 0.495 e. The van der Waals surface area contributed by atoms with Crippen LogP contribution in [0, 0.1) is 0 Å². The fourth-order valence-electron chi connectivity index (χ4n) is 1.72. The molecule has 1 aromatic carbocycles. The molecule has 9 heteroatoms. The van der Waals surface area contributed by atoms with Crippen LogP contribution < -0.4 is 15.2 Å². The number of nitrogens with one attached hydrogen (secondary N) is 1. The van der Waals surface area contributed by atoms with E-state index in [-0.39, 0.29) is 16.3 Å². The maximum Gasteiger partial charge on any atom is 0.258 e. The van der Waals surface area contributed by atoms with Crippen LogP contribution in [-0.2, 0) is 17.1 Å². The van der Waals surface area contributed by atoms with Gasteiger partial charge in [-0.15, -0.1) is 0 Å². The zero-order chi connectivity index (χ0) is 15.6. The van der Waals surface area contributed by atoms with Gasteiger partial charge in [-0.05, 0) is 18.2 Å². The van der Waals surface area contributed by atoms with Crippen molar-refractivity contribution in [3.8, 4) is 5.75 Å². The summed E-state index contributed by atoms with van der Waals surface area (Å²) in [5.41, 5.74) is 0.638. The number of aryl methyl sites for hydroxylation is 1. The molecule has 0 fully saturated rings. The Balaban J connectivity index is 2.31. The Labute approximate surface area is 121 Å². The van der Waals surface area contributed by atoms with E-state index in [9.17, 15) is 13.2 Å². The summed E-state index contributed by atoms with van der Waals surface area (Å²) in [6.07, 6.45) is 2.94. The van der Waals surface area contributed by atoms with Crippen molar-refractivity contribution in [2.24, 2.45) is 12.2 Å². The number of hydrogen-bond donors (Lipinski definition) is 2. The summed E-state index contributed by atoms with van der Waals surface area (Å²) in [6.45, 7) is 0. The highest BCUT2D eigenvalue weighted by Gasteiger charge is 2.17. The van der Waals surface area contributed by atoms with E-state index in [1.165, 1.54) is 36.2 Å². The third-order valence-corrected chi connectivity index (χ3v) is 3.63. The van der Waals surface area contributed by atoms with Crippen molar-refractivity contribution in [3.63, 3.8) is 0 Å². The van der Waals surface area contributed by atoms with E-state index in [0.29, 0.717) is 5.56 Å². The number of anilines is 1. The summed E-state index contributed by atoms with van der Waals surface area (Å²) in [5.74, 6) is -0.300. The number of sulfonamides is 1. The fourth-order valence-corrected chi connectivity index (χ4v) is 2.44. The lowest BCUT2D eigenvalue weighted by molar-refractivity contribution is 0.102. The van der Waals surface area contributed by atoms with Gasteiger partial charge in [-0.3, -0.25) is 9.48 Å². The Kier molecular flexibility index (Phi) is 3.96. The second kappa shape index (κ2) is 5.54. The lowest BCUT2D eigenvalue weighted by Gasteiger charge is -2.09. The minimum absolute atomic E-state index is 0.108. The van der Waals surface area contributed by atoms with E-state index >= 15 is 0 Å². The van der Waals surface area contributed by atoms with Gasteiger partial charge in [0.2, 0.25) is 10.0 Å². The minimum atomic E-state index is -3.96. The average Bonchev–Trinajstić information content (AvgIpc) is 2.84. The molecule has 21 heavy (non-hydrogen) atoms. The molecule has 0 aliphatic carbocycles. The number of carbonyl (C=O) groups excluding carboxylic acids is 1. The molecule has 0 unspecified atom stereocenters. The Morgan fingerprint density at radius 3 is 2.67 bits per heavy atom. The number of hydrogen-bond acceptors (Lipinski definition) is 5. The number of nitrogens with zero attached hydrogens (tertiary/aromatic N) is 2. The number of rotatable bonds is 4. The number of amides is 1. The van der Waals surface area contributed by atoms with Gasteiger partial charge in [0, 0.05) is 18.9 Å². The van der Waals surface area contributed by atoms with Crippen molar-refractivity contribution >= 4 is 21.6 Å². The van der Waals surface area contributed by atoms with Gasteiger partial charge >= 0.3 is 0 Å². The molecule has 0 aliphatic heterocycles. The lowest BCUT2D eigenvalue weighted by Crippen LogP contribution is -2.15. The molecule has 1 amide bonds. The fraction of sp³-hybridized carbons (Fsp3) is 0.167. The number of methoxy groups -OCH3 is 1. The summed E-state index contributed by atoms with van der Waals surface area (Å²) >= 11 is 0. The predicted octanol–water partition coefficient (Wildman–Crippen LogP) is 0.328. The second-order valence-corrected chi connectivity index (χ2v) is 5.80. The molecule has 1 aromatic heterocycles. The zero-order valence-electron chi connectivity index (χ0n) is 11.4. The van der Waals surface area contributed by atoms with E-state index in [1.54, 1.807) is 13.2 Å². The Morgan fingerprint density at radius 1 is 1.43 bits per heavy atom. The van der Waals surface area contributed by atoms with Gasteiger partial charge in [0.25, 0.3) is 5.91 Å². The third kappa shape index (κ3) is 3.38. The maximum atomic E-state index is 12.0. The Morgan fingerprint density at radius 2 is 2.14 bits per heavy atom. The van der Waals surface area contributed by atoms with Crippen molar-refractivity contribution in [2.75, 3.05) is 12.4 Å². The van der Waals surface area contributed by atoms with E-state index in [1.807, 2.05) is 0 Å². The monoisotopic (exact) mass is 310 g/mol. The molecule has 0 atom stereocenters. The van der Waals surface area contributed by atoms with E-state index < -0.39 is 15.9 Å². The first-order chi connectivity index (χ1) is 9.81. The number of ether oxygens (including phenoxy) is 1. The van der Waals surface area contributed by atoms with Gasteiger partial charge in [-0.25, -0.2) is 13.6 Å². The quantitative estimate of drug-likeness (QED) is 0.844. The van der Waals surface area contributed by atoms with Crippen molar-refractivity contribution < 1.29 is 17.9 Å². The molecule has 0 spiro atoms. The molecule has 0 saturated heterocycles. The number of aromatic nitrogens is 2.